The first-order chi connectivity index (χ1) is 7.61. The van der Waals surface area contributed by atoms with Crippen molar-refractivity contribution in [2.24, 2.45) is 16.5 Å². The normalized spacial score (nSPS) is 17.5. The van der Waals surface area contributed by atoms with Crippen molar-refractivity contribution in [2.75, 3.05) is 19.6 Å². The van der Waals surface area contributed by atoms with Crippen molar-refractivity contribution in [3.63, 3.8) is 0 Å². The van der Waals surface area contributed by atoms with Crippen LogP contribution in [0, 0.1) is 0 Å². The molecule has 1 heterocycles. The van der Waals surface area contributed by atoms with Gasteiger partial charge >= 0.3 is 5.97 Å². The van der Waals surface area contributed by atoms with Crippen molar-refractivity contribution in [3.05, 3.63) is 0 Å². The van der Waals surface area contributed by atoms with Crippen LogP contribution in [0.4, 0.5) is 0 Å². The lowest BCUT2D eigenvalue weighted by Crippen LogP contribution is -2.49. The summed E-state index contributed by atoms with van der Waals surface area (Å²) in [6.45, 7) is 2.39. The fourth-order valence-electron chi connectivity index (χ4n) is 1.77. The molecule has 1 fully saturated rings. The van der Waals surface area contributed by atoms with Gasteiger partial charge in [0, 0.05) is 19.6 Å². The molecule has 1 aliphatic heterocycles. The molecule has 5 N–H and O–H groups in total. The predicted octanol–water partition coefficient (Wildman–Crippen LogP) is -0.411. The zero-order valence-corrected chi connectivity index (χ0v) is 9.43. The maximum atomic E-state index is 11.0. The number of likely N-dealkylation sites (tertiary alicyclic amines) is 1. The lowest BCUT2D eigenvalue weighted by atomic mass is 10.0. The maximum Gasteiger partial charge on any atom is 0.320 e. The minimum atomic E-state index is -0.721. The van der Waals surface area contributed by atoms with E-state index in [1.165, 1.54) is 0 Å². The van der Waals surface area contributed by atoms with Crippen molar-refractivity contribution in [3.8, 4) is 0 Å². The smallest absolute Gasteiger partial charge is 0.320 e. The highest BCUT2D eigenvalue weighted by atomic mass is 16.4. The van der Waals surface area contributed by atoms with E-state index in [0.717, 1.165) is 32.4 Å². The monoisotopic (exact) mass is 228 g/mol. The number of nitrogens with zero attached hydrogens (tertiary/aromatic N) is 2. The Morgan fingerprint density at radius 3 is 2.50 bits per heavy atom. The Kier molecular flexibility index (Phi) is 5.04. The second kappa shape index (κ2) is 6.32. The average molecular weight is 228 g/mol. The number of carboxylic acids is 1. The zero-order chi connectivity index (χ0) is 12.0. The van der Waals surface area contributed by atoms with Crippen LogP contribution >= 0.6 is 0 Å². The number of aliphatic imine (C=N–C) groups is 1. The summed E-state index contributed by atoms with van der Waals surface area (Å²) in [5.41, 5.74) is 10.4. The Hall–Kier alpha value is -1.30. The molecular weight excluding hydrogens is 208 g/mol. The van der Waals surface area contributed by atoms with Crippen LogP contribution in [0.2, 0.25) is 0 Å². The summed E-state index contributed by atoms with van der Waals surface area (Å²) in [6, 6.07) is -0.326. The summed E-state index contributed by atoms with van der Waals surface area (Å²) in [6.07, 6.45) is 3.45. The van der Waals surface area contributed by atoms with Crippen LogP contribution in [0.5, 0.6) is 0 Å². The highest BCUT2D eigenvalue weighted by molar-refractivity contribution is 5.75. The fraction of sp³-hybridized carbons (Fsp3) is 0.800. The molecule has 0 spiro atoms. The summed E-state index contributed by atoms with van der Waals surface area (Å²) in [5.74, 6) is -0.626. The molecule has 1 saturated heterocycles. The minimum absolute atomic E-state index is 0.0949. The first-order valence-electron chi connectivity index (χ1n) is 5.63. The molecule has 0 aromatic carbocycles. The third-order valence-electron chi connectivity index (χ3n) is 2.80. The van der Waals surface area contributed by atoms with E-state index in [-0.39, 0.29) is 12.0 Å². The van der Waals surface area contributed by atoms with Crippen molar-refractivity contribution in [1.29, 1.82) is 0 Å². The topological polar surface area (TPSA) is 105 Å². The number of carbonyl (C=O) groups is 1. The first kappa shape index (κ1) is 12.8. The van der Waals surface area contributed by atoms with Crippen LogP contribution in [0.25, 0.3) is 0 Å². The van der Waals surface area contributed by atoms with Crippen LogP contribution in [0.3, 0.4) is 0 Å². The molecule has 16 heavy (non-hydrogen) atoms. The number of aliphatic carboxylic acids is 1. The van der Waals surface area contributed by atoms with Gasteiger partial charge in [0.2, 0.25) is 0 Å². The Balaban J connectivity index is 2.17. The number of rotatable bonds is 7. The van der Waals surface area contributed by atoms with Gasteiger partial charge in [-0.15, -0.1) is 0 Å². The zero-order valence-electron chi connectivity index (χ0n) is 9.43. The molecular formula is C10H20N4O2. The molecule has 0 saturated carbocycles. The Morgan fingerprint density at radius 2 is 2.06 bits per heavy atom. The first-order valence-corrected chi connectivity index (χ1v) is 5.63. The Labute approximate surface area is 95.3 Å². The van der Waals surface area contributed by atoms with Gasteiger partial charge in [-0.05, 0) is 25.7 Å². The van der Waals surface area contributed by atoms with E-state index >= 15 is 0 Å². The molecule has 0 aromatic rings. The van der Waals surface area contributed by atoms with Crippen molar-refractivity contribution >= 4 is 11.9 Å². The van der Waals surface area contributed by atoms with Gasteiger partial charge in [0.15, 0.2) is 5.96 Å². The summed E-state index contributed by atoms with van der Waals surface area (Å²) < 4.78 is 0. The number of unbranched alkanes of at least 4 members (excludes halogenated alkanes) is 1. The molecule has 92 valence electrons. The van der Waals surface area contributed by atoms with Crippen LogP contribution in [0.15, 0.2) is 4.99 Å². The quantitative estimate of drug-likeness (QED) is 0.312. The van der Waals surface area contributed by atoms with Crippen LogP contribution in [-0.4, -0.2) is 47.6 Å². The van der Waals surface area contributed by atoms with Gasteiger partial charge in [-0.3, -0.25) is 14.7 Å². The van der Waals surface area contributed by atoms with Gasteiger partial charge in [-0.1, -0.05) is 0 Å². The second-order valence-electron chi connectivity index (χ2n) is 4.05. The van der Waals surface area contributed by atoms with E-state index in [4.69, 9.17) is 16.6 Å². The third kappa shape index (κ3) is 4.06. The number of hydrogen-bond donors (Lipinski definition) is 3. The van der Waals surface area contributed by atoms with Crippen LogP contribution in [0.1, 0.15) is 25.7 Å². The molecule has 0 aromatic heterocycles. The number of guanidine groups is 1. The highest BCUT2D eigenvalue weighted by Gasteiger charge is 2.28. The van der Waals surface area contributed by atoms with Gasteiger partial charge in [0.1, 0.15) is 6.04 Å². The summed E-state index contributed by atoms with van der Waals surface area (Å²) in [5, 5.41) is 9.04. The fourth-order valence-corrected chi connectivity index (χ4v) is 1.77. The van der Waals surface area contributed by atoms with E-state index in [1.54, 1.807) is 0 Å². The number of hydrogen-bond acceptors (Lipinski definition) is 3. The van der Waals surface area contributed by atoms with E-state index in [9.17, 15) is 4.79 Å². The number of nitrogens with two attached hydrogens (primary N) is 2. The van der Waals surface area contributed by atoms with Gasteiger partial charge < -0.3 is 16.6 Å². The molecule has 1 rings (SSSR count). The molecule has 0 bridgehead atoms. The lowest BCUT2D eigenvalue weighted by Gasteiger charge is -2.35. The molecule has 0 radical (unpaired) electrons. The predicted molar refractivity (Wildman–Crippen MR) is 62.1 cm³/mol. The lowest BCUT2D eigenvalue weighted by molar-refractivity contribution is -0.145. The van der Waals surface area contributed by atoms with Gasteiger partial charge in [0.25, 0.3) is 0 Å². The molecule has 0 amide bonds. The standard InChI is InChI=1S/C10H20N4O2/c11-10(12)13-5-2-1-4-8(9(15)16)14-6-3-7-14/h8H,1-7H2,(H,15,16)(H4,11,12,13)/t8-/m0/s1. The summed E-state index contributed by atoms with van der Waals surface area (Å²) in [4.78, 5) is 16.9. The summed E-state index contributed by atoms with van der Waals surface area (Å²) >= 11 is 0. The van der Waals surface area contributed by atoms with Crippen molar-refractivity contribution < 1.29 is 9.90 Å². The third-order valence-corrected chi connectivity index (χ3v) is 2.80. The van der Waals surface area contributed by atoms with E-state index in [2.05, 4.69) is 4.99 Å². The van der Waals surface area contributed by atoms with Crippen molar-refractivity contribution in [1.82, 2.24) is 4.90 Å². The van der Waals surface area contributed by atoms with E-state index < -0.39 is 5.97 Å². The van der Waals surface area contributed by atoms with Gasteiger partial charge in [0.05, 0.1) is 0 Å². The molecule has 0 aliphatic carbocycles. The average Bonchev–Trinajstić information content (AvgIpc) is 2.11. The van der Waals surface area contributed by atoms with E-state index in [0.29, 0.717) is 13.0 Å². The van der Waals surface area contributed by atoms with Crippen molar-refractivity contribution in [2.45, 2.75) is 31.7 Å². The molecule has 1 aliphatic rings. The van der Waals surface area contributed by atoms with Gasteiger partial charge in [-0.2, -0.15) is 0 Å². The second-order valence-corrected chi connectivity index (χ2v) is 4.05. The van der Waals surface area contributed by atoms with Crippen LogP contribution in [-0.2, 0) is 4.79 Å². The Morgan fingerprint density at radius 1 is 1.38 bits per heavy atom. The highest BCUT2D eigenvalue weighted by Crippen LogP contribution is 2.16. The minimum Gasteiger partial charge on any atom is -0.480 e. The number of carboxylic acid groups (broad SMARTS) is 1. The molecule has 6 heteroatoms. The molecule has 6 nitrogen and oxygen atoms in total. The van der Waals surface area contributed by atoms with Gasteiger partial charge in [-0.25, -0.2) is 0 Å². The largest absolute Gasteiger partial charge is 0.480 e. The molecule has 1 atom stereocenters. The molecule has 0 unspecified atom stereocenters. The maximum absolute atomic E-state index is 11.0. The Bertz CT molecular complexity index is 260. The van der Waals surface area contributed by atoms with E-state index in [1.807, 2.05) is 4.90 Å². The summed E-state index contributed by atoms with van der Waals surface area (Å²) in [7, 11) is 0. The van der Waals surface area contributed by atoms with Crippen LogP contribution < -0.4 is 11.5 Å². The SMILES string of the molecule is NC(N)=NCCCC[C@@H](C(=O)O)N1CCC1.